The molecule has 2 N–H and O–H groups in total. The van der Waals surface area contributed by atoms with Gasteiger partial charge in [0.2, 0.25) is 0 Å². The summed E-state index contributed by atoms with van der Waals surface area (Å²) >= 11 is 0. The zero-order chi connectivity index (χ0) is 15.0. The van der Waals surface area contributed by atoms with Gasteiger partial charge in [-0.1, -0.05) is 0 Å². The number of piperidine rings is 1. The average molecular weight is 327 g/mol. The van der Waals surface area contributed by atoms with E-state index in [1.165, 1.54) is 7.05 Å². The maximum absolute atomic E-state index is 12.4. The number of hydrogen-bond acceptors (Lipinski definition) is 4. The molecular weight excluding hydrogens is 308 g/mol. The number of amides is 1. The molecule has 0 radical (unpaired) electrons. The van der Waals surface area contributed by atoms with Gasteiger partial charge in [-0.25, -0.2) is 4.79 Å². The molecule has 0 aromatic heterocycles. The summed E-state index contributed by atoms with van der Waals surface area (Å²) in [6.45, 7) is 1.70. The molecule has 0 atom stereocenters. The largest absolute Gasteiger partial charge is 0.486 e. The van der Waals surface area contributed by atoms with E-state index in [1.807, 2.05) is 0 Å². The molecule has 0 unspecified atom stereocenters. The SMILES string of the molecule is CN(C(=O)O)c1ccc2c(c1)C(=O)CC1(CCNCC1)O2.Cl. The van der Waals surface area contributed by atoms with Crippen LogP contribution in [0.15, 0.2) is 18.2 Å². The van der Waals surface area contributed by atoms with Crippen molar-refractivity contribution in [2.24, 2.45) is 0 Å². The molecule has 1 spiro atoms. The zero-order valence-corrected chi connectivity index (χ0v) is 13.1. The van der Waals surface area contributed by atoms with Crippen molar-refractivity contribution >= 4 is 30.0 Å². The smallest absolute Gasteiger partial charge is 0.411 e. The number of hydrogen-bond donors (Lipinski definition) is 2. The Morgan fingerprint density at radius 1 is 1.36 bits per heavy atom. The Bertz CT molecular complexity index is 599. The van der Waals surface area contributed by atoms with Gasteiger partial charge in [-0.05, 0) is 31.3 Å². The lowest BCUT2D eigenvalue weighted by Gasteiger charge is -2.41. The van der Waals surface area contributed by atoms with E-state index in [9.17, 15) is 9.59 Å². The highest BCUT2D eigenvalue weighted by molar-refractivity contribution is 6.02. The van der Waals surface area contributed by atoms with E-state index in [2.05, 4.69) is 5.32 Å². The monoisotopic (exact) mass is 326 g/mol. The number of ether oxygens (including phenoxy) is 1. The lowest BCUT2D eigenvalue weighted by atomic mass is 9.83. The summed E-state index contributed by atoms with van der Waals surface area (Å²) in [7, 11) is 1.45. The molecule has 120 valence electrons. The van der Waals surface area contributed by atoms with E-state index >= 15 is 0 Å². The number of fused-ring (bicyclic) bond motifs is 1. The van der Waals surface area contributed by atoms with Crippen molar-refractivity contribution in [1.82, 2.24) is 5.32 Å². The van der Waals surface area contributed by atoms with Crippen molar-refractivity contribution < 1.29 is 19.4 Å². The summed E-state index contributed by atoms with van der Waals surface area (Å²) in [5, 5.41) is 12.3. The maximum atomic E-state index is 12.4. The first-order chi connectivity index (χ1) is 10.0. The molecule has 2 aliphatic rings. The third-order valence-corrected chi connectivity index (χ3v) is 4.26. The number of ketones is 1. The summed E-state index contributed by atoms with van der Waals surface area (Å²) in [6, 6.07) is 4.96. The minimum absolute atomic E-state index is 0. The maximum Gasteiger partial charge on any atom is 0.411 e. The molecule has 3 rings (SSSR count). The van der Waals surface area contributed by atoms with E-state index < -0.39 is 11.7 Å². The first-order valence-corrected chi connectivity index (χ1v) is 7.04. The van der Waals surface area contributed by atoms with Gasteiger partial charge in [-0.3, -0.25) is 9.69 Å². The molecule has 7 heteroatoms. The van der Waals surface area contributed by atoms with E-state index in [0.29, 0.717) is 23.4 Å². The van der Waals surface area contributed by atoms with Crippen LogP contribution in [0.5, 0.6) is 5.75 Å². The summed E-state index contributed by atoms with van der Waals surface area (Å²) < 4.78 is 6.10. The molecule has 1 saturated heterocycles. The first kappa shape index (κ1) is 16.6. The molecule has 1 amide bonds. The number of nitrogens with zero attached hydrogens (tertiary/aromatic N) is 1. The van der Waals surface area contributed by atoms with E-state index in [0.717, 1.165) is 30.8 Å². The second-order valence-corrected chi connectivity index (χ2v) is 5.66. The Balaban J connectivity index is 0.00000176. The van der Waals surface area contributed by atoms with Crippen molar-refractivity contribution in [3.05, 3.63) is 23.8 Å². The van der Waals surface area contributed by atoms with Gasteiger partial charge in [0, 0.05) is 25.6 Å². The Labute approximate surface area is 134 Å². The van der Waals surface area contributed by atoms with Gasteiger partial charge in [0.1, 0.15) is 11.4 Å². The third kappa shape index (κ3) is 2.89. The Morgan fingerprint density at radius 3 is 2.68 bits per heavy atom. The highest BCUT2D eigenvalue weighted by atomic mass is 35.5. The molecule has 0 saturated carbocycles. The number of Topliss-reactive ketones (excluding diaryl/α,β-unsaturated/α-hetero) is 1. The van der Waals surface area contributed by atoms with Crippen LogP contribution in [0.3, 0.4) is 0 Å². The zero-order valence-electron chi connectivity index (χ0n) is 12.3. The minimum atomic E-state index is -1.06. The Morgan fingerprint density at radius 2 is 2.05 bits per heavy atom. The fraction of sp³-hybridized carbons (Fsp3) is 0.467. The van der Waals surface area contributed by atoms with Gasteiger partial charge in [0.15, 0.2) is 5.78 Å². The van der Waals surface area contributed by atoms with Gasteiger partial charge in [0.05, 0.1) is 12.0 Å². The molecule has 22 heavy (non-hydrogen) atoms. The van der Waals surface area contributed by atoms with Crippen molar-refractivity contribution in [1.29, 1.82) is 0 Å². The number of carbonyl (C=O) groups excluding carboxylic acids is 1. The number of benzene rings is 1. The van der Waals surface area contributed by atoms with E-state index in [1.54, 1.807) is 18.2 Å². The number of carbonyl (C=O) groups is 2. The summed E-state index contributed by atoms with van der Waals surface area (Å²) in [5.41, 5.74) is 0.555. The van der Waals surface area contributed by atoms with Crippen LogP contribution in [0.25, 0.3) is 0 Å². The van der Waals surface area contributed by atoms with Crippen LogP contribution >= 0.6 is 12.4 Å². The summed E-state index contributed by atoms with van der Waals surface area (Å²) in [4.78, 5) is 24.5. The van der Waals surface area contributed by atoms with Crippen LogP contribution in [0.4, 0.5) is 10.5 Å². The molecule has 2 heterocycles. The van der Waals surface area contributed by atoms with Gasteiger partial charge >= 0.3 is 6.09 Å². The van der Waals surface area contributed by atoms with Crippen LogP contribution in [-0.4, -0.2) is 42.7 Å². The highest BCUT2D eigenvalue weighted by Crippen LogP contribution is 2.39. The number of rotatable bonds is 1. The standard InChI is InChI=1S/C15H18N2O4.ClH/c1-17(14(19)20)10-2-3-13-11(8-10)12(18)9-15(21-13)4-6-16-7-5-15;/h2-3,8,16H,4-7,9H2,1H3,(H,19,20);1H. The lowest BCUT2D eigenvalue weighted by Crippen LogP contribution is -2.49. The topological polar surface area (TPSA) is 78.9 Å². The molecule has 0 aliphatic carbocycles. The highest BCUT2D eigenvalue weighted by Gasteiger charge is 2.41. The quantitative estimate of drug-likeness (QED) is 0.828. The summed E-state index contributed by atoms with van der Waals surface area (Å²) in [6.07, 6.45) is 0.931. The van der Waals surface area contributed by atoms with E-state index in [-0.39, 0.29) is 18.2 Å². The fourth-order valence-corrected chi connectivity index (χ4v) is 2.96. The minimum Gasteiger partial charge on any atom is -0.486 e. The van der Waals surface area contributed by atoms with Crippen LogP contribution in [-0.2, 0) is 0 Å². The van der Waals surface area contributed by atoms with Crippen molar-refractivity contribution in [3.8, 4) is 5.75 Å². The van der Waals surface area contributed by atoms with Crippen LogP contribution < -0.4 is 15.0 Å². The number of anilines is 1. The molecular formula is C15H19ClN2O4. The predicted molar refractivity (Wildman–Crippen MR) is 84.5 cm³/mol. The van der Waals surface area contributed by atoms with Crippen LogP contribution in [0.2, 0.25) is 0 Å². The third-order valence-electron chi connectivity index (χ3n) is 4.26. The van der Waals surface area contributed by atoms with Crippen LogP contribution in [0.1, 0.15) is 29.6 Å². The van der Waals surface area contributed by atoms with Gasteiger partial charge in [-0.2, -0.15) is 0 Å². The van der Waals surface area contributed by atoms with Gasteiger partial charge in [0.25, 0.3) is 0 Å². The normalized spacial score (nSPS) is 18.9. The van der Waals surface area contributed by atoms with Crippen molar-refractivity contribution in [2.75, 3.05) is 25.0 Å². The summed E-state index contributed by atoms with van der Waals surface area (Å²) in [5.74, 6) is 0.592. The van der Waals surface area contributed by atoms with Gasteiger partial charge < -0.3 is 15.2 Å². The van der Waals surface area contributed by atoms with E-state index in [4.69, 9.17) is 9.84 Å². The van der Waals surface area contributed by atoms with Gasteiger partial charge in [-0.15, -0.1) is 12.4 Å². The second-order valence-electron chi connectivity index (χ2n) is 5.66. The molecule has 6 nitrogen and oxygen atoms in total. The lowest BCUT2D eigenvalue weighted by molar-refractivity contribution is 0.0187. The molecule has 1 aromatic rings. The number of carboxylic acid groups (broad SMARTS) is 1. The Hall–Kier alpha value is -1.79. The second kappa shape index (κ2) is 6.14. The van der Waals surface area contributed by atoms with Crippen molar-refractivity contribution in [2.45, 2.75) is 24.9 Å². The average Bonchev–Trinajstić information content (AvgIpc) is 2.47. The van der Waals surface area contributed by atoms with Crippen LogP contribution in [0, 0.1) is 0 Å². The molecule has 0 bridgehead atoms. The Kier molecular flexibility index (Phi) is 4.63. The van der Waals surface area contributed by atoms with Crippen molar-refractivity contribution in [3.63, 3.8) is 0 Å². The fourth-order valence-electron chi connectivity index (χ4n) is 2.96. The number of nitrogens with one attached hydrogen (secondary N) is 1. The predicted octanol–water partition coefficient (Wildman–Crippen LogP) is 2.31. The molecule has 2 aliphatic heterocycles. The molecule has 1 aromatic carbocycles. The number of halogens is 1. The molecule has 1 fully saturated rings. The first-order valence-electron chi connectivity index (χ1n) is 7.04.